The number of amides is 1. The summed E-state index contributed by atoms with van der Waals surface area (Å²) in [5.74, 6) is 0.160. The number of benzene rings is 1. The molecule has 20 heavy (non-hydrogen) atoms. The van der Waals surface area contributed by atoms with Gasteiger partial charge in [0.25, 0.3) is 5.91 Å². The highest BCUT2D eigenvalue weighted by Gasteiger charge is 2.36. The van der Waals surface area contributed by atoms with E-state index in [2.05, 4.69) is 17.3 Å². The van der Waals surface area contributed by atoms with Gasteiger partial charge in [-0.25, -0.2) is 0 Å². The smallest absolute Gasteiger partial charge is 0.251 e. The van der Waals surface area contributed by atoms with Crippen LogP contribution in [0.2, 0.25) is 0 Å². The van der Waals surface area contributed by atoms with Crippen LogP contribution in [0, 0.1) is 0 Å². The lowest BCUT2D eigenvalue weighted by molar-refractivity contribution is 0.0463. The van der Waals surface area contributed by atoms with E-state index in [-0.39, 0.29) is 17.7 Å². The van der Waals surface area contributed by atoms with Crippen LogP contribution in [0.15, 0.2) is 24.3 Å². The number of fused-ring (bicyclic) bond motifs is 2. The second-order valence-corrected chi connectivity index (χ2v) is 6.09. The van der Waals surface area contributed by atoms with E-state index >= 15 is 0 Å². The van der Waals surface area contributed by atoms with Crippen molar-refractivity contribution in [3.05, 3.63) is 29.8 Å². The molecule has 0 radical (unpaired) electrons. The summed E-state index contributed by atoms with van der Waals surface area (Å²) < 4.78 is 0. The van der Waals surface area contributed by atoms with Crippen molar-refractivity contribution in [2.75, 3.05) is 7.05 Å². The largest absolute Gasteiger partial charge is 0.508 e. The summed E-state index contributed by atoms with van der Waals surface area (Å²) in [5, 5.41) is 12.4. The first kappa shape index (κ1) is 13.4. The molecule has 0 saturated carbocycles. The van der Waals surface area contributed by atoms with Crippen LogP contribution in [-0.4, -0.2) is 41.1 Å². The molecule has 1 aromatic rings. The number of nitrogens with zero attached hydrogens (tertiary/aromatic N) is 1. The monoisotopic (exact) mass is 274 g/mol. The van der Waals surface area contributed by atoms with Gasteiger partial charge >= 0.3 is 0 Å². The molecule has 2 bridgehead atoms. The van der Waals surface area contributed by atoms with E-state index in [0.29, 0.717) is 17.6 Å². The van der Waals surface area contributed by atoms with Gasteiger partial charge in [0.1, 0.15) is 5.75 Å². The minimum absolute atomic E-state index is 0.0300. The van der Waals surface area contributed by atoms with Crippen molar-refractivity contribution >= 4 is 5.91 Å². The van der Waals surface area contributed by atoms with Crippen LogP contribution < -0.4 is 5.32 Å². The van der Waals surface area contributed by atoms with E-state index in [9.17, 15) is 9.90 Å². The minimum Gasteiger partial charge on any atom is -0.508 e. The fraction of sp³-hybridized carbons (Fsp3) is 0.562. The molecule has 0 aliphatic carbocycles. The summed E-state index contributed by atoms with van der Waals surface area (Å²) >= 11 is 0. The minimum atomic E-state index is -0.0300. The number of phenols is 1. The van der Waals surface area contributed by atoms with Gasteiger partial charge in [-0.2, -0.15) is 0 Å². The molecule has 3 rings (SSSR count). The third-order valence-corrected chi connectivity index (χ3v) is 4.80. The molecule has 2 heterocycles. The van der Waals surface area contributed by atoms with Gasteiger partial charge in [-0.05, 0) is 57.0 Å². The number of carbonyl (C=O) groups excluding carboxylic acids is 1. The van der Waals surface area contributed by atoms with Crippen LogP contribution in [0.5, 0.6) is 5.75 Å². The van der Waals surface area contributed by atoms with Crippen molar-refractivity contribution in [1.82, 2.24) is 10.2 Å². The number of hydrogen-bond acceptors (Lipinski definition) is 3. The summed E-state index contributed by atoms with van der Waals surface area (Å²) in [6.45, 7) is 0. The molecule has 1 amide bonds. The molecule has 0 spiro atoms. The molecular formula is C16H22N2O2. The van der Waals surface area contributed by atoms with Gasteiger partial charge in [0.15, 0.2) is 0 Å². The van der Waals surface area contributed by atoms with Gasteiger partial charge in [-0.15, -0.1) is 0 Å². The fourth-order valence-electron chi connectivity index (χ4n) is 3.62. The predicted molar refractivity (Wildman–Crippen MR) is 77.8 cm³/mol. The molecule has 1 aromatic carbocycles. The third-order valence-electron chi connectivity index (χ3n) is 4.80. The third kappa shape index (κ3) is 2.66. The van der Waals surface area contributed by atoms with E-state index in [1.165, 1.54) is 19.3 Å². The Hall–Kier alpha value is -1.55. The molecule has 4 heteroatoms. The lowest BCUT2D eigenvalue weighted by atomic mass is 9.82. The number of piperidine rings is 2. The van der Waals surface area contributed by atoms with Crippen molar-refractivity contribution in [1.29, 1.82) is 0 Å². The zero-order valence-electron chi connectivity index (χ0n) is 11.9. The molecule has 2 fully saturated rings. The Morgan fingerprint density at radius 1 is 1.20 bits per heavy atom. The second-order valence-electron chi connectivity index (χ2n) is 6.09. The Kier molecular flexibility index (Phi) is 3.66. The highest BCUT2D eigenvalue weighted by atomic mass is 16.3. The number of aromatic hydroxyl groups is 1. The first-order valence-electron chi connectivity index (χ1n) is 7.45. The van der Waals surface area contributed by atoms with Crippen LogP contribution in [0.1, 0.15) is 42.5 Å². The Labute approximate surface area is 119 Å². The quantitative estimate of drug-likeness (QED) is 0.868. The standard InChI is InChI=1S/C16H22N2O2/c1-18-13-3-2-4-14(18)10-12(9-13)17-16(20)11-5-7-15(19)8-6-11/h5-8,12-14,19H,2-4,9-10H2,1H3,(H,17,20). The molecule has 4 nitrogen and oxygen atoms in total. The average Bonchev–Trinajstić information content (AvgIpc) is 2.40. The van der Waals surface area contributed by atoms with Crippen molar-refractivity contribution in [2.45, 2.75) is 50.2 Å². The lowest BCUT2D eigenvalue weighted by Gasteiger charge is -2.47. The molecule has 2 saturated heterocycles. The molecular weight excluding hydrogens is 252 g/mol. The molecule has 2 unspecified atom stereocenters. The van der Waals surface area contributed by atoms with Crippen molar-refractivity contribution in [3.8, 4) is 5.75 Å². The Bertz CT molecular complexity index is 472. The maximum Gasteiger partial charge on any atom is 0.251 e. The predicted octanol–water partition coefficient (Wildman–Crippen LogP) is 2.14. The summed E-state index contributed by atoms with van der Waals surface area (Å²) in [4.78, 5) is 14.7. The zero-order chi connectivity index (χ0) is 14.1. The summed E-state index contributed by atoms with van der Waals surface area (Å²) in [6, 6.07) is 7.96. The normalized spacial score (nSPS) is 29.9. The fourth-order valence-corrected chi connectivity index (χ4v) is 3.62. The second kappa shape index (κ2) is 5.44. The van der Waals surface area contributed by atoms with Crippen LogP contribution in [0.3, 0.4) is 0 Å². The van der Waals surface area contributed by atoms with Gasteiger partial charge in [0.2, 0.25) is 0 Å². The molecule has 2 atom stereocenters. The summed E-state index contributed by atoms with van der Waals surface area (Å²) in [6.07, 6.45) is 5.92. The van der Waals surface area contributed by atoms with Gasteiger partial charge in [-0.1, -0.05) is 6.42 Å². The topological polar surface area (TPSA) is 52.6 Å². The molecule has 108 valence electrons. The van der Waals surface area contributed by atoms with Crippen LogP contribution in [0.25, 0.3) is 0 Å². The number of hydrogen-bond donors (Lipinski definition) is 2. The Morgan fingerprint density at radius 3 is 2.40 bits per heavy atom. The highest BCUT2D eigenvalue weighted by Crippen LogP contribution is 2.32. The van der Waals surface area contributed by atoms with E-state index in [1.54, 1.807) is 24.3 Å². The van der Waals surface area contributed by atoms with E-state index < -0.39 is 0 Å². The number of phenolic OH excluding ortho intramolecular Hbond substituents is 1. The van der Waals surface area contributed by atoms with Gasteiger partial charge in [-0.3, -0.25) is 4.79 Å². The maximum absolute atomic E-state index is 12.2. The number of carbonyl (C=O) groups is 1. The zero-order valence-corrected chi connectivity index (χ0v) is 11.9. The summed E-state index contributed by atoms with van der Waals surface area (Å²) in [7, 11) is 2.21. The van der Waals surface area contributed by atoms with Crippen LogP contribution in [0.4, 0.5) is 0 Å². The number of nitrogens with one attached hydrogen (secondary N) is 1. The van der Waals surface area contributed by atoms with Crippen molar-refractivity contribution < 1.29 is 9.90 Å². The SMILES string of the molecule is CN1C2CCCC1CC(NC(=O)c1ccc(O)cc1)C2. The van der Waals surface area contributed by atoms with Gasteiger partial charge < -0.3 is 15.3 Å². The molecule has 0 aromatic heterocycles. The van der Waals surface area contributed by atoms with E-state index in [0.717, 1.165) is 12.8 Å². The Morgan fingerprint density at radius 2 is 1.80 bits per heavy atom. The summed E-state index contributed by atoms with van der Waals surface area (Å²) in [5.41, 5.74) is 0.617. The molecule has 2 aliphatic heterocycles. The first-order chi connectivity index (χ1) is 9.63. The Balaban J connectivity index is 1.63. The molecule has 2 N–H and O–H groups in total. The first-order valence-corrected chi connectivity index (χ1v) is 7.45. The average molecular weight is 274 g/mol. The lowest BCUT2D eigenvalue weighted by Crippen LogP contribution is -2.55. The van der Waals surface area contributed by atoms with Gasteiger partial charge in [0.05, 0.1) is 0 Å². The molecule has 2 aliphatic rings. The van der Waals surface area contributed by atoms with Crippen molar-refractivity contribution in [3.63, 3.8) is 0 Å². The van der Waals surface area contributed by atoms with Crippen molar-refractivity contribution in [2.24, 2.45) is 0 Å². The van der Waals surface area contributed by atoms with Crippen LogP contribution >= 0.6 is 0 Å². The van der Waals surface area contributed by atoms with E-state index in [4.69, 9.17) is 0 Å². The number of rotatable bonds is 2. The van der Waals surface area contributed by atoms with E-state index in [1.807, 2.05) is 0 Å². The van der Waals surface area contributed by atoms with Gasteiger partial charge in [0, 0.05) is 23.7 Å². The maximum atomic E-state index is 12.2. The highest BCUT2D eigenvalue weighted by molar-refractivity contribution is 5.94. The van der Waals surface area contributed by atoms with Crippen LogP contribution in [-0.2, 0) is 0 Å².